The van der Waals surface area contributed by atoms with Gasteiger partial charge in [-0.3, -0.25) is 10.7 Å². The third-order valence-electron chi connectivity index (χ3n) is 3.27. The van der Waals surface area contributed by atoms with Crippen LogP contribution >= 0.6 is 15.9 Å². The molecule has 0 atom stereocenters. The summed E-state index contributed by atoms with van der Waals surface area (Å²) in [6, 6.07) is 5.29. The summed E-state index contributed by atoms with van der Waals surface area (Å²) >= 11 is 3.07. The van der Waals surface area contributed by atoms with Gasteiger partial charge in [0, 0.05) is 12.4 Å². The molecule has 0 bridgehead atoms. The van der Waals surface area contributed by atoms with Crippen molar-refractivity contribution in [3.05, 3.63) is 65.0 Å². The summed E-state index contributed by atoms with van der Waals surface area (Å²) in [4.78, 5) is 19.0. The van der Waals surface area contributed by atoms with Gasteiger partial charge in [-0.1, -0.05) is 0 Å². The minimum Gasteiger partial charge on any atom is -0.470 e. The van der Waals surface area contributed by atoms with Crippen molar-refractivity contribution in [3.63, 3.8) is 0 Å². The van der Waals surface area contributed by atoms with Gasteiger partial charge in [0.05, 0.1) is 27.1 Å². The van der Waals surface area contributed by atoms with Gasteiger partial charge in [-0.25, -0.2) is 14.2 Å². The van der Waals surface area contributed by atoms with E-state index in [0.717, 1.165) is 0 Å². The molecule has 3 aromatic rings. The summed E-state index contributed by atoms with van der Waals surface area (Å²) in [5, 5.41) is 14.6. The molecule has 3 rings (SSSR count). The highest BCUT2D eigenvalue weighted by Gasteiger charge is 2.15. The number of aromatic nitrogens is 1. The monoisotopic (exact) mass is 421 g/mol. The fourth-order valence-corrected chi connectivity index (χ4v) is 2.46. The molecular weight excluding hydrogens is 409 g/mol. The topological polar surface area (TPSA) is 115 Å². The van der Waals surface area contributed by atoms with Crippen molar-refractivity contribution in [3.8, 4) is 0 Å². The summed E-state index contributed by atoms with van der Waals surface area (Å²) in [7, 11) is 0. The summed E-state index contributed by atoms with van der Waals surface area (Å²) in [5.74, 6) is -0.427. The Morgan fingerprint density at radius 1 is 1.27 bits per heavy atom. The lowest BCUT2D eigenvalue weighted by molar-refractivity contribution is 0.235. The van der Waals surface area contributed by atoms with E-state index in [-0.39, 0.29) is 16.0 Å². The summed E-state index contributed by atoms with van der Waals surface area (Å²) in [5.41, 5.74) is 3.49. The highest BCUT2D eigenvalue weighted by molar-refractivity contribution is 9.10. The Balaban J connectivity index is 1.81. The smallest absolute Gasteiger partial charge is 0.323 e. The first-order valence-corrected chi connectivity index (χ1v) is 8.07. The van der Waals surface area contributed by atoms with Crippen LogP contribution in [0.15, 0.2) is 63.1 Å². The Hall–Kier alpha value is -3.11. The van der Waals surface area contributed by atoms with Gasteiger partial charge in [-0.05, 0) is 40.2 Å². The van der Waals surface area contributed by atoms with Crippen molar-refractivity contribution in [2.75, 3.05) is 10.6 Å². The van der Waals surface area contributed by atoms with Crippen molar-refractivity contribution < 1.29 is 18.8 Å². The van der Waals surface area contributed by atoms with E-state index in [1.54, 1.807) is 18.5 Å². The van der Waals surface area contributed by atoms with Crippen molar-refractivity contribution in [1.29, 1.82) is 0 Å². The van der Waals surface area contributed by atoms with E-state index >= 15 is 0 Å². The van der Waals surface area contributed by atoms with Gasteiger partial charge in [0.2, 0.25) is 0 Å². The minimum absolute atomic E-state index is 0.00852. The summed E-state index contributed by atoms with van der Waals surface area (Å²) < 4.78 is 18.6. The Kier molecular flexibility index (Phi) is 5.34. The zero-order valence-electron chi connectivity index (χ0n) is 13.1. The third kappa shape index (κ3) is 4.10. The number of rotatable bonds is 4. The molecule has 2 aromatic heterocycles. The number of urea groups is 1. The van der Waals surface area contributed by atoms with E-state index in [9.17, 15) is 14.4 Å². The van der Waals surface area contributed by atoms with Crippen molar-refractivity contribution in [2.24, 2.45) is 4.99 Å². The van der Waals surface area contributed by atoms with Crippen LogP contribution in [0.4, 0.5) is 26.2 Å². The lowest BCUT2D eigenvalue weighted by atomic mass is 10.2. The van der Waals surface area contributed by atoms with Gasteiger partial charge in [-0.15, -0.1) is 0 Å². The van der Waals surface area contributed by atoms with Crippen molar-refractivity contribution in [2.45, 2.75) is 0 Å². The maximum atomic E-state index is 13.3. The van der Waals surface area contributed by atoms with E-state index in [2.05, 4.69) is 36.5 Å². The molecule has 0 unspecified atom stereocenters. The number of benzene rings is 1. The van der Waals surface area contributed by atoms with E-state index in [4.69, 9.17) is 4.42 Å². The van der Waals surface area contributed by atoms with Crippen molar-refractivity contribution >= 4 is 44.9 Å². The molecule has 10 heteroatoms. The number of carbonyl (C=O) groups excluding carboxylic acids is 1. The van der Waals surface area contributed by atoms with Gasteiger partial charge in [0.25, 0.3) is 0 Å². The number of hydrogen-bond acceptors (Lipinski definition) is 4. The number of halogens is 2. The maximum absolute atomic E-state index is 13.3. The largest absolute Gasteiger partial charge is 0.470 e. The standard InChI is InChI=1S/C16H13BrFN5O3/c17-12-5-9(1-2-13(12)18)20-15(23-25)11-7-26-8-14(11)22-16(24)21-10-3-4-19-6-10/h1-8,19,25H,(H,20,23)(H2,21,22,24). The first-order chi connectivity index (χ1) is 12.6. The predicted octanol–water partition coefficient (Wildman–Crippen LogP) is 4.21. The minimum atomic E-state index is -0.505. The molecule has 0 saturated heterocycles. The first-order valence-electron chi connectivity index (χ1n) is 7.28. The van der Waals surface area contributed by atoms with E-state index in [1.165, 1.54) is 30.7 Å². The van der Waals surface area contributed by atoms with Crippen molar-refractivity contribution in [1.82, 2.24) is 10.5 Å². The highest BCUT2D eigenvalue weighted by Crippen LogP contribution is 2.24. The second-order valence-corrected chi connectivity index (χ2v) is 5.90. The zero-order valence-corrected chi connectivity index (χ0v) is 14.7. The number of aliphatic imine (C=N–C) groups is 1. The maximum Gasteiger partial charge on any atom is 0.323 e. The van der Waals surface area contributed by atoms with E-state index < -0.39 is 11.8 Å². The molecule has 1 aromatic carbocycles. The highest BCUT2D eigenvalue weighted by atomic mass is 79.9. The van der Waals surface area contributed by atoms with Crippen LogP contribution in [0, 0.1) is 5.82 Å². The van der Waals surface area contributed by atoms with Crippen LogP contribution in [0.2, 0.25) is 0 Å². The number of anilines is 2. The molecule has 0 fully saturated rings. The Morgan fingerprint density at radius 3 is 2.81 bits per heavy atom. The number of aromatic amines is 1. The lowest BCUT2D eigenvalue weighted by Crippen LogP contribution is -2.24. The van der Waals surface area contributed by atoms with Crippen LogP contribution in [0.3, 0.4) is 0 Å². The van der Waals surface area contributed by atoms with Gasteiger partial charge in [0.15, 0.2) is 5.84 Å². The van der Waals surface area contributed by atoms with E-state index in [0.29, 0.717) is 16.9 Å². The molecule has 26 heavy (non-hydrogen) atoms. The number of carbonyl (C=O) groups is 1. The van der Waals surface area contributed by atoms with Crippen LogP contribution in [-0.4, -0.2) is 22.1 Å². The van der Waals surface area contributed by atoms with Crippen LogP contribution in [0.1, 0.15) is 5.56 Å². The summed E-state index contributed by atoms with van der Waals surface area (Å²) in [6.45, 7) is 0. The molecule has 0 aliphatic rings. The lowest BCUT2D eigenvalue weighted by Gasteiger charge is -2.08. The molecule has 2 amide bonds. The quantitative estimate of drug-likeness (QED) is 0.246. The average Bonchev–Trinajstić information content (AvgIpc) is 3.28. The average molecular weight is 422 g/mol. The molecule has 2 heterocycles. The number of hydroxylamine groups is 1. The molecule has 0 aliphatic heterocycles. The van der Waals surface area contributed by atoms with Gasteiger partial charge < -0.3 is 20.0 Å². The number of amidine groups is 1. The van der Waals surface area contributed by atoms with Gasteiger partial charge in [-0.2, -0.15) is 0 Å². The van der Waals surface area contributed by atoms with Gasteiger partial charge >= 0.3 is 6.03 Å². The second-order valence-electron chi connectivity index (χ2n) is 5.05. The van der Waals surface area contributed by atoms with Crippen LogP contribution in [0.25, 0.3) is 0 Å². The fourth-order valence-electron chi connectivity index (χ4n) is 2.09. The molecule has 0 saturated carbocycles. The Labute approximate surface area is 155 Å². The molecule has 134 valence electrons. The number of nitrogens with zero attached hydrogens (tertiary/aromatic N) is 1. The Morgan fingerprint density at radius 2 is 2.12 bits per heavy atom. The predicted molar refractivity (Wildman–Crippen MR) is 97.4 cm³/mol. The SMILES string of the molecule is O=C(Nc1cc[nH]c1)Nc1cocc1C(=Nc1ccc(F)c(Br)c1)NO. The summed E-state index contributed by atoms with van der Waals surface area (Å²) in [6.07, 6.45) is 5.87. The van der Waals surface area contributed by atoms with Crippen LogP contribution in [-0.2, 0) is 0 Å². The number of hydrogen-bond donors (Lipinski definition) is 5. The van der Waals surface area contributed by atoms with E-state index in [1.807, 2.05) is 5.48 Å². The first kappa shape index (κ1) is 17.7. The fraction of sp³-hybridized carbons (Fsp3) is 0. The van der Waals surface area contributed by atoms with Gasteiger partial charge in [0.1, 0.15) is 18.3 Å². The molecule has 8 nitrogen and oxygen atoms in total. The number of nitrogens with one attached hydrogen (secondary N) is 4. The third-order valence-corrected chi connectivity index (χ3v) is 3.88. The number of H-pyrrole nitrogens is 1. The zero-order chi connectivity index (χ0) is 18.5. The normalized spacial score (nSPS) is 11.3. The molecular formula is C16H13BrFN5O3. The molecule has 5 N–H and O–H groups in total. The van der Waals surface area contributed by atoms with Crippen LogP contribution in [0.5, 0.6) is 0 Å². The molecule has 0 aliphatic carbocycles. The van der Waals surface area contributed by atoms with Crippen LogP contribution < -0.4 is 16.1 Å². The molecule has 0 spiro atoms. The Bertz CT molecular complexity index is 939. The number of furan rings is 1. The number of amides is 2. The second kappa shape index (κ2) is 7.85. The molecule has 0 radical (unpaired) electrons.